The van der Waals surface area contributed by atoms with E-state index >= 15 is 0 Å². The number of rotatable bonds is 8. The van der Waals surface area contributed by atoms with Crippen molar-refractivity contribution in [1.29, 1.82) is 0 Å². The quantitative estimate of drug-likeness (QED) is 0.725. The minimum absolute atomic E-state index is 0.0599. The molecule has 0 aliphatic heterocycles. The van der Waals surface area contributed by atoms with E-state index in [0.717, 1.165) is 32.1 Å². The minimum Gasteiger partial charge on any atom is -0.481 e. The van der Waals surface area contributed by atoms with Crippen molar-refractivity contribution in [3.63, 3.8) is 0 Å². The van der Waals surface area contributed by atoms with Gasteiger partial charge >= 0.3 is 5.97 Å². The normalized spacial score (nSPS) is 21.3. The molecule has 21 heavy (non-hydrogen) atoms. The second-order valence-corrected chi connectivity index (χ2v) is 6.78. The lowest BCUT2D eigenvalue weighted by Crippen LogP contribution is -2.33. The van der Waals surface area contributed by atoms with E-state index in [4.69, 9.17) is 5.11 Å². The summed E-state index contributed by atoms with van der Waals surface area (Å²) in [5.41, 5.74) is 0. The number of hydrogen-bond donors (Lipinski definition) is 2. The standard InChI is InChI=1S/C16H23NO3S/c18-15(17-13-9-8-12(11-13)16(19)20)7-3-1-2-5-14-6-4-10-21-14/h4,6,10,12-13H,1-3,5,7-9,11H2,(H,17,18)(H,19,20)/t12-,13+/m0/s1. The molecular formula is C16H23NO3S. The predicted molar refractivity (Wildman–Crippen MR) is 83.4 cm³/mol. The average molecular weight is 309 g/mol. The zero-order chi connectivity index (χ0) is 15.1. The number of aryl methyl sites for hydroxylation is 1. The molecule has 1 saturated carbocycles. The average Bonchev–Trinajstić information content (AvgIpc) is 3.09. The number of carbonyl (C=O) groups is 2. The summed E-state index contributed by atoms with van der Waals surface area (Å²) in [7, 11) is 0. The Morgan fingerprint density at radius 1 is 1.29 bits per heavy atom. The number of carbonyl (C=O) groups excluding carboxylic acids is 1. The van der Waals surface area contributed by atoms with Gasteiger partial charge in [0, 0.05) is 17.3 Å². The minimum atomic E-state index is -0.736. The van der Waals surface area contributed by atoms with Crippen LogP contribution >= 0.6 is 11.3 Å². The van der Waals surface area contributed by atoms with Crippen LogP contribution in [0.4, 0.5) is 0 Å². The van der Waals surface area contributed by atoms with Crippen LogP contribution in [0.25, 0.3) is 0 Å². The summed E-state index contributed by atoms with van der Waals surface area (Å²) < 4.78 is 0. The maximum Gasteiger partial charge on any atom is 0.306 e. The van der Waals surface area contributed by atoms with Gasteiger partial charge in [-0.05, 0) is 50.0 Å². The molecule has 1 amide bonds. The molecule has 1 aliphatic rings. The number of amides is 1. The molecule has 1 fully saturated rings. The second-order valence-electron chi connectivity index (χ2n) is 5.75. The molecule has 1 aromatic heterocycles. The molecular weight excluding hydrogens is 286 g/mol. The van der Waals surface area contributed by atoms with Gasteiger partial charge in [0.2, 0.25) is 5.91 Å². The molecule has 1 heterocycles. The third-order valence-corrected chi connectivity index (χ3v) is 4.99. The fourth-order valence-electron chi connectivity index (χ4n) is 2.85. The topological polar surface area (TPSA) is 66.4 Å². The van der Waals surface area contributed by atoms with Crippen molar-refractivity contribution in [3.8, 4) is 0 Å². The molecule has 4 nitrogen and oxygen atoms in total. The Morgan fingerprint density at radius 2 is 2.14 bits per heavy atom. The van der Waals surface area contributed by atoms with Crippen molar-refractivity contribution in [1.82, 2.24) is 5.32 Å². The zero-order valence-electron chi connectivity index (χ0n) is 12.2. The first-order valence-corrected chi connectivity index (χ1v) is 8.57. The summed E-state index contributed by atoms with van der Waals surface area (Å²) in [5, 5.41) is 14.0. The van der Waals surface area contributed by atoms with Crippen LogP contribution in [0.5, 0.6) is 0 Å². The first-order valence-electron chi connectivity index (χ1n) is 7.69. The molecule has 2 rings (SSSR count). The molecule has 0 spiro atoms. The molecule has 2 atom stereocenters. The van der Waals surface area contributed by atoms with Gasteiger partial charge in [-0.15, -0.1) is 11.3 Å². The van der Waals surface area contributed by atoms with E-state index in [0.29, 0.717) is 19.3 Å². The Balaban J connectivity index is 1.53. The number of carboxylic acids is 1. The van der Waals surface area contributed by atoms with Crippen molar-refractivity contribution >= 4 is 23.2 Å². The van der Waals surface area contributed by atoms with Crippen LogP contribution in [0.3, 0.4) is 0 Å². The van der Waals surface area contributed by atoms with Gasteiger partial charge in [-0.1, -0.05) is 12.5 Å². The van der Waals surface area contributed by atoms with Crippen LogP contribution in [-0.4, -0.2) is 23.0 Å². The highest BCUT2D eigenvalue weighted by molar-refractivity contribution is 7.09. The van der Waals surface area contributed by atoms with Gasteiger partial charge < -0.3 is 10.4 Å². The summed E-state index contributed by atoms with van der Waals surface area (Å²) >= 11 is 1.78. The fourth-order valence-corrected chi connectivity index (χ4v) is 3.60. The number of unbranched alkanes of at least 4 members (excludes halogenated alkanes) is 2. The zero-order valence-corrected chi connectivity index (χ0v) is 13.0. The maximum absolute atomic E-state index is 11.8. The lowest BCUT2D eigenvalue weighted by molar-refractivity contribution is -0.141. The SMILES string of the molecule is O=C(CCCCCc1cccs1)N[C@@H]1CC[C@H](C(=O)O)C1. The van der Waals surface area contributed by atoms with Gasteiger partial charge in [0.05, 0.1) is 5.92 Å². The van der Waals surface area contributed by atoms with Gasteiger partial charge in [-0.3, -0.25) is 9.59 Å². The van der Waals surface area contributed by atoms with Gasteiger partial charge in [0.15, 0.2) is 0 Å². The second kappa shape index (κ2) is 8.17. The highest BCUT2D eigenvalue weighted by Gasteiger charge is 2.30. The van der Waals surface area contributed by atoms with Crippen molar-refractivity contribution in [2.45, 2.75) is 57.4 Å². The summed E-state index contributed by atoms with van der Waals surface area (Å²) in [4.78, 5) is 24.1. The molecule has 1 aliphatic carbocycles. The smallest absolute Gasteiger partial charge is 0.306 e. The molecule has 0 radical (unpaired) electrons. The van der Waals surface area contributed by atoms with E-state index in [9.17, 15) is 9.59 Å². The molecule has 116 valence electrons. The van der Waals surface area contributed by atoms with Crippen molar-refractivity contribution in [2.24, 2.45) is 5.92 Å². The van der Waals surface area contributed by atoms with Gasteiger partial charge in [-0.2, -0.15) is 0 Å². The number of carboxylic acid groups (broad SMARTS) is 1. The van der Waals surface area contributed by atoms with E-state index in [1.54, 1.807) is 11.3 Å². The number of aliphatic carboxylic acids is 1. The van der Waals surface area contributed by atoms with Crippen LogP contribution in [-0.2, 0) is 16.0 Å². The van der Waals surface area contributed by atoms with Gasteiger partial charge in [-0.25, -0.2) is 0 Å². The third-order valence-electron chi connectivity index (χ3n) is 4.05. The van der Waals surface area contributed by atoms with Crippen LogP contribution < -0.4 is 5.32 Å². The lowest BCUT2D eigenvalue weighted by Gasteiger charge is -2.12. The van der Waals surface area contributed by atoms with Crippen LogP contribution in [0.15, 0.2) is 17.5 Å². The Bertz CT molecular complexity index is 458. The molecule has 1 aromatic rings. The summed E-state index contributed by atoms with van der Waals surface area (Å²) in [6.45, 7) is 0. The largest absolute Gasteiger partial charge is 0.481 e. The molecule has 0 saturated heterocycles. The molecule has 5 heteroatoms. The fraction of sp³-hybridized carbons (Fsp3) is 0.625. The van der Waals surface area contributed by atoms with Crippen LogP contribution in [0.2, 0.25) is 0 Å². The molecule has 0 unspecified atom stereocenters. The Labute approximate surface area is 129 Å². The van der Waals surface area contributed by atoms with Crippen molar-refractivity contribution < 1.29 is 14.7 Å². The first kappa shape index (κ1) is 16.0. The molecule has 0 bridgehead atoms. The highest BCUT2D eigenvalue weighted by atomic mass is 32.1. The Hall–Kier alpha value is -1.36. The third kappa shape index (κ3) is 5.50. The summed E-state index contributed by atoms with van der Waals surface area (Å²) in [5.74, 6) is -0.941. The summed E-state index contributed by atoms with van der Waals surface area (Å²) in [6.07, 6.45) is 6.81. The Morgan fingerprint density at radius 3 is 2.81 bits per heavy atom. The number of nitrogens with one attached hydrogen (secondary N) is 1. The summed E-state index contributed by atoms with van der Waals surface area (Å²) in [6, 6.07) is 4.28. The van der Waals surface area contributed by atoms with E-state index in [1.807, 2.05) is 0 Å². The van der Waals surface area contributed by atoms with Crippen molar-refractivity contribution in [3.05, 3.63) is 22.4 Å². The monoisotopic (exact) mass is 309 g/mol. The van der Waals surface area contributed by atoms with E-state index < -0.39 is 5.97 Å². The van der Waals surface area contributed by atoms with E-state index in [2.05, 4.69) is 22.8 Å². The predicted octanol–water partition coefficient (Wildman–Crippen LogP) is 3.22. The van der Waals surface area contributed by atoms with Crippen LogP contribution in [0, 0.1) is 5.92 Å². The van der Waals surface area contributed by atoms with Gasteiger partial charge in [0.25, 0.3) is 0 Å². The first-order chi connectivity index (χ1) is 10.1. The highest BCUT2D eigenvalue weighted by Crippen LogP contribution is 2.25. The lowest BCUT2D eigenvalue weighted by atomic mass is 10.1. The number of thiophene rings is 1. The van der Waals surface area contributed by atoms with Gasteiger partial charge in [0.1, 0.15) is 0 Å². The van der Waals surface area contributed by atoms with E-state index in [1.165, 1.54) is 4.88 Å². The van der Waals surface area contributed by atoms with Crippen molar-refractivity contribution in [2.75, 3.05) is 0 Å². The number of hydrogen-bond acceptors (Lipinski definition) is 3. The van der Waals surface area contributed by atoms with Crippen LogP contribution in [0.1, 0.15) is 49.8 Å². The molecule has 2 N–H and O–H groups in total. The molecule has 0 aromatic carbocycles. The van der Waals surface area contributed by atoms with E-state index in [-0.39, 0.29) is 17.9 Å². The maximum atomic E-state index is 11.8. The Kier molecular flexibility index (Phi) is 6.23.